The molecule has 6 nitrogen and oxygen atoms in total. The molecule has 0 radical (unpaired) electrons. The third-order valence-corrected chi connectivity index (χ3v) is 1.97. The molecule has 0 aromatic heterocycles. The van der Waals surface area contributed by atoms with Crippen LogP contribution >= 0.6 is 0 Å². The second-order valence-electron chi connectivity index (χ2n) is 3.09. The zero-order valence-electron chi connectivity index (χ0n) is 8.97. The number of ether oxygens (including phenoxy) is 1. The molecule has 2 N–H and O–H groups in total. The summed E-state index contributed by atoms with van der Waals surface area (Å²) in [5, 5.41) is 18.7. The summed E-state index contributed by atoms with van der Waals surface area (Å²) in [7, 11) is 0. The first-order valence-electron chi connectivity index (χ1n) is 4.73. The third kappa shape index (κ3) is 2.60. The number of esters is 1. The zero-order chi connectivity index (χ0) is 13.0. The molecule has 6 heteroatoms. The molecular weight excluding hydrogens is 228 g/mol. The van der Waals surface area contributed by atoms with E-state index in [2.05, 4.69) is 4.74 Å². The van der Waals surface area contributed by atoms with Crippen molar-refractivity contribution in [1.29, 1.82) is 0 Å². The zero-order valence-corrected chi connectivity index (χ0v) is 8.97. The van der Waals surface area contributed by atoms with Crippen molar-refractivity contribution in [3.8, 4) is 11.5 Å². The Morgan fingerprint density at radius 1 is 1.35 bits per heavy atom. The Morgan fingerprint density at radius 2 is 2.00 bits per heavy atom. The lowest BCUT2D eigenvalue weighted by atomic mass is 10.1. The lowest BCUT2D eigenvalue weighted by Crippen LogP contribution is -2.08. The van der Waals surface area contributed by atoms with Gasteiger partial charge in [-0.1, -0.05) is 0 Å². The summed E-state index contributed by atoms with van der Waals surface area (Å²) in [5.41, 5.74) is -0.560. The van der Waals surface area contributed by atoms with Crippen LogP contribution in [0.3, 0.4) is 0 Å². The van der Waals surface area contributed by atoms with Crippen molar-refractivity contribution in [2.75, 3.05) is 6.61 Å². The molecule has 0 heterocycles. The predicted molar refractivity (Wildman–Crippen MR) is 56.1 cm³/mol. The van der Waals surface area contributed by atoms with Crippen molar-refractivity contribution in [2.45, 2.75) is 6.92 Å². The Labute approximate surface area is 96.4 Å². The second-order valence-corrected chi connectivity index (χ2v) is 3.09. The fourth-order valence-electron chi connectivity index (χ4n) is 1.20. The molecule has 0 aliphatic carbocycles. The van der Waals surface area contributed by atoms with Gasteiger partial charge in [-0.3, -0.25) is 9.59 Å². The van der Waals surface area contributed by atoms with Gasteiger partial charge in [0.15, 0.2) is 17.8 Å². The standard InChI is InChI=1S/C11H10O6/c1-2-17-11(16)6-3-7(9(14)5-12)10(15)8(13)4-6/h3-5,13,15H,2H2,1H3. The van der Waals surface area contributed by atoms with Gasteiger partial charge >= 0.3 is 5.97 Å². The van der Waals surface area contributed by atoms with Crippen LogP contribution in [-0.4, -0.2) is 34.9 Å². The van der Waals surface area contributed by atoms with Crippen molar-refractivity contribution in [3.63, 3.8) is 0 Å². The van der Waals surface area contributed by atoms with E-state index >= 15 is 0 Å². The Hall–Kier alpha value is -2.37. The quantitative estimate of drug-likeness (QED) is 0.262. The Bertz CT molecular complexity index is 477. The molecule has 0 atom stereocenters. The Morgan fingerprint density at radius 3 is 2.53 bits per heavy atom. The molecule has 0 fully saturated rings. The molecule has 1 aromatic rings. The summed E-state index contributed by atoms with van der Waals surface area (Å²) in [5.74, 6) is -3.21. The monoisotopic (exact) mass is 238 g/mol. The number of hydrogen-bond donors (Lipinski definition) is 2. The first kappa shape index (κ1) is 12.7. The molecule has 0 saturated carbocycles. The number of phenolic OH excluding ortho intramolecular Hbond substituents is 2. The summed E-state index contributed by atoms with van der Waals surface area (Å²) in [6.07, 6.45) is -0.0244. The molecule has 1 aromatic carbocycles. The van der Waals surface area contributed by atoms with Crippen LogP contribution in [0, 0.1) is 0 Å². The molecule has 0 aliphatic heterocycles. The lowest BCUT2D eigenvalue weighted by molar-refractivity contribution is -0.104. The normalized spacial score (nSPS) is 9.71. The number of ketones is 1. The van der Waals surface area contributed by atoms with Gasteiger partial charge in [-0.25, -0.2) is 4.79 Å². The summed E-state index contributed by atoms with van der Waals surface area (Å²) in [4.78, 5) is 32.8. The first-order chi connectivity index (χ1) is 8.01. The van der Waals surface area contributed by atoms with E-state index < -0.39 is 28.8 Å². The SMILES string of the molecule is CCOC(=O)c1cc(O)c(O)c(C(=O)C=O)c1. The minimum atomic E-state index is -1.04. The summed E-state index contributed by atoms with van der Waals surface area (Å²) in [6, 6.07) is 1.94. The van der Waals surface area contributed by atoms with Crippen LogP contribution in [-0.2, 0) is 9.53 Å². The van der Waals surface area contributed by atoms with E-state index in [0.29, 0.717) is 0 Å². The average Bonchev–Trinajstić information content (AvgIpc) is 2.31. The summed E-state index contributed by atoms with van der Waals surface area (Å²) >= 11 is 0. The molecule has 0 bridgehead atoms. The number of rotatable bonds is 4. The van der Waals surface area contributed by atoms with Crippen LogP contribution < -0.4 is 0 Å². The Balaban J connectivity index is 3.28. The van der Waals surface area contributed by atoms with Crippen LogP contribution in [0.25, 0.3) is 0 Å². The predicted octanol–water partition coefficient (Wildman–Crippen LogP) is 0.656. The van der Waals surface area contributed by atoms with E-state index in [9.17, 15) is 24.6 Å². The smallest absolute Gasteiger partial charge is 0.338 e. The van der Waals surface area contributed by atoms with E-state index in [0.717, 1.165) is 12.1 Å². The molecule has 90 valence electrons. The third-order valence-electron chi connectivity index (χ3n) is 1.97. The van der Waals surface area contributed by atoms with Crippen LogP contribution in [0.1, 0.15) is 27.6 Å². The topological polar surface area (TPSA) is 101 Å². The van der Waals surface area contributed by atoms with E-state index in [1.807, 2.05) is 0 Å². The second kappa shape index (κ2) is 5.11. The Kier molecular flexibility index (Phi) is 3.82. The minimum absolute atomic E-state index is 0.0244. The van der Waals surface area contributed by atoms with Crippen molar-refractivity contribution in [1.82, 2.24) is 0 Å². The number of Topliss-reactive ketones (excluding diaryl/α,β-unsaturated/α-hetero) is 1. The van der Waals surface area contributed by atoms with Gasteiger partial charge < -0.3 is 14.9 Å². The molecule has 0 amide bonds. The molecule has 0 spiro atoms. The van der Waals surface area contributed by atoms with Gasteiger partial charge in [-0.15, -0.1) is 0 Å². The van der Waals surface area contributed by atoms with Crippen molar-refractivity contribution in [2.24, 2.45) is 0 Å². The first-order valence-corrected chi connectivity index (χ1v) is 4.73. The van der Waals surface area contributed by atoms with Gasteiger partial charge in [0, 0.05) is 0 Å². The van der Waals surface area contributed by atoms with Gasteiger partial charge in [-0.2, -0.15) is 0 Å². The maximum Gasteiger partial charge on any atom is 0.338 e. The largest absolute Gasteiger partial charge is 0.504 e. The van der Waals surface area contributed by atoms with Crippen molar-refractivity contribution in [3.05, 3.63) is 23.3 Å². The number of carbonyl (C=O) groups is 3. The van der Waals surface area contributed by atoms with Gasteiger partial charge in [0.05, 0.1) is 17.7 Å². The fourth-order valence-corrected chi connectivity index (χ4v) is 1.20. The maximum atomic E-state index is 11.4. The fraction of sp³-hybridized carbons (Fsp3) is 0.182. The van der Waals surface area contributed by atoms with Crippen molar-refractivity contribution < 1.29 is 29.3 Å². The number of aromatic hydroxyl groups is 2. The molecular formula is C11H10O6. The van der Waals surface area contributed by atoms with Gasteiger partial charge in [0.1, 0.15) is 0 Å². The summed E-state index contributed by atoms with van der Waals surface area (Å²) < 4.78 is 4.66. The van der Waals surface area contributed by atoms with E-state index in [-0.39, 0.29) is 18.5 Å². The van der Waals surface area contributed by atoms with Gasteiger partial charge in [-0.05, 0) is 19.1 Å². The molecule has 0 unspecified atom stereocenters. The highest BCUT2D eigenvalue weighted by molar-refractivity contribution is 6.34. The highest BCUT2D eigenvalue weighted by Crippen LogP contribution is 2.30. The van der Waals surface area contributed by atoms with E-state index in [4.69, 9.17) is 0 Å². The minimum Gasteiger partial charge on any atom is -0.504 e. The maximum absolute atomic E-state index is 11.4. The average molecular weight is 238 g/mol. The number of hydrogen-bond acceptors (Lipinski definition) is 6. The van der Waals surface area contributed by atoms with Gasteiger partial charge in [0.25, 0.3) is 0 Å². The van der Waals surface area contributed by atoms with Gasteiger partial charge in [0.2, 0.25) is 5.78 Å². The molecule has 0 aliphatic rings. The van der Waals surface area contributed by atoms with Crippen molar-refractivity contribution >= 4 is 18.0 Å². The highest BCUT2D eigenvalue weighted by atomic mass is 16.5. The summed E-state index contributed by atoms with van der Waals surface area (Å²) in [6.45, 7) is 1.72. The molecule has 17 heavy (non-hydrogen) atoms. The molecule has 1 rings (SSSR count). The number of benzene rings is 1. The van der Waals surface area contributed by atoms with Crippen LogP contribution in [0.5, 0.6) is 11.5 Å². The lowest BCUT2D eigenvalue weighted by Gasteiger charge is -2.06. The van der Waals surface area contributed by atoms with E-state index in [1.54, 1.807) is 6.92 Å². The molecule has 0 saturated heterocycles. The number of phenols is 2. The number of carbonyl (C=O) groups excluding carboxylic acids is 3. The van der Waals surface area contributed by atoms with E-state index in [1.165, 1.54) is 0 Å². The number of aldehydes is 1. The highest BCUT2D eigenvalue weighted by Gasteiger charge is 2.18. The van der Waals surface area contributed by atoms with Crippen LogP contribution in [0.2, 0.25) is 0 Å². The van der Waals surface area contributed by atoms with Crippen LogP contribution in [0.15, 0.2) is 12.1 Å². The van der Waals surface area contributed by atoms with Crippen LogP contribution in [0.4, 0.5) is 0 Å².